The zero-order valence-corrected chi connectivity index (χ0v) is 15.5. The largest absolute Gasteiger partial charge is 0.324 e. The van der Waals surface area contributed by atoms with Crippen molar-refractivity contribution in [2.24, 2.45) is 0 Å². The fourth-order valence-electron chi connectivity index (χ4n) is 2.55. The number of amides is 1. The fraction of sp³-hybridized carbons (Fsp3) is 0.105. The lowest BCUT2D eigenvalue weighted by atomic mass is 10.0. The normalized spacial score (nSPS) is 11.6. The van der Waals surface area contributed by atoms with Gasteiger partial charge in [0.1, 0.15) is 18.4 Å². The first-order chi connectivity index (χ1) is 13.4. The van der Waals surface area contributed by atoms with Crippen LogP contribution in [0.25, 0.3) is 0 Å². The predicted octanol–water partition coefficient (Wildman–Crippen LogP) is 3.88. The van der Waals surface area contributed by atoms with Crippen molar-refractivity contribution in [1.29, 1.82) is 0 Å². The van der Waals surface area contributed by atoms with E-state index in [-0.39, 0.29) is 22.7 Å². The first-order valence-electron chi connectivity index (χ1n) is 8.25. The molecule has 0 fully saturated rings. The monoisotopic (exact) mass is 398 g/mol. The molecule has 1 amide bonds. The van der Waals surface area contributed by atoms with Gasteiger partial charge in [0.2, 0.25) is 5.91 Å². The summed E-state index contributed by atoms with van der Waals surface area (Å²) in [6.07, 6.45) is 2.23. The molecule has 0 unspecified atom stereocenters. The van der Waals surface area contributed by atoms with Crippen molar-refractivity contribution < 1.29 is 14.5 Å². The summed E-state index contributed by atoms with van der Waals surface area (Å²) in [5, 5.41) is 17.7. The summed E-state index contributed by atoms with van der Waals surface area (Å²) in [5.74, 6) is -0.775. The van der Waals surface area contributed by atoms with Crippen LogP contribution in [-0.4, -0.2) is 26.4 Å². The molecule has 2 aromatic carbocycles. The Morgan fingerprint density at radius 1 is 1.21 bits per heavy atom. The number of benzene rings is 2. The number of aromatic nitrogens is 2. The van der Waals surface area contributed by atoms with Gasteiger partial charge in [-0.1, -0.05) is 41.9 Å². The van der Waals surface area contributed by atoms with E-state index in [0.717, 1.165) is 6.20 Å². The average Bonchev–Trinajstić information content (AvgIpc) is 3.19. The molecule has 0 aliphatic rings. The Hall–Kier alpha value is -3.52. The van der Waals surface area contributed by atoms with E-state index in [2.05, 4.69) is 10.4 Å². The maximum absolute atomic E-state index is 12.8. The van der Waals surface area contributed by atoms with E-state index >= 15 is 0 Å². The first-order valence-corrected chi connectivity index (χ1v) is 8.63. The molecule has 0 spiro atoms. The van der Waals surface area contributed by atoms with Gasteiger partial charge in [-0.25, -0.2) is 0 Å². The maximum atomic E-state index is 12.8. The highest BCUT2D eigenvalue weighted by Gasteiger charge is 2.22. The summed E-state index contributed by atoms with van der Waals surface area (Å²) < 4.78 is 1.18. The zero-order valence-electron chi connectivity index (χ0n) is 14.7. The molecule has 0 aliphatic carbocycles. The second-order valence-corrected chi connectivity index (χ2v) is 6.42. The van der Waals surface area contributed by atoms with Gasteiger partial charge in [0.25, 0.3) is 0 Å². The van der Waals surface area contributed by atoms with E-state index in [4.69, 9.17) is 11.6 Å². The van der Waals surface area contributed by atoms with Crippen LogP contribution in [0.1, 0.15) is 28.9 Å². The van der Waals surface area contributed by atoms with Crippen molar-refractivity contribution in [2.45, 2.75) is 13.0 Å². The van der Waals surface area contributed by atoms with Crippen LogP contribution >= 0.6 is 11.6 Å². The topological polar surface area (TPSA) is 107 Å². The van der Waals surface area contributed by atoms with Crippen molar-refractivity contribution in [2.75, 3.05) is 5.32 Å². The number of anilines is 1. The molecular weight excluding hydrogens is 384 g/mol. The van der Waals surface area contributed by atoms with Crippen LogP contribution in [0.4, 0.5) is 11.4 Å². The number of nitrogens with zero attached hydrogens (tertiary/aromatic N) is 3. The second-order valence-electron chi connectivity index (χ2n) is 5.99. The molecular formula is C19H15ClN4O4. The third-order valence-electron chi connectivity index (χ3n) is 4.10. The maximum Gasteiger partial charge on any atom is 0.307 e. The quantitative estimate of drug-likeness (QED) is 0.385. The molecule has 3 rings (SSSR count). The molecule has 3 aromatic rings. The third kappa shape index (κ3) is 4.07. The van der Waals surface area contributed by atoms with E-state index < -0.39 is 16.9 Å². The first kappa shape index (κ1) is 19.2. The molecule has 1 atom stereocenters. The Morgan fingerprint density at radius 3 is 2.57 bits per heavy atom. The van der Waals surface area contributed by atoms with Gasteiger partial charge in [0.15, 0.2) is 5.78 Å². The van der Waals surface area contributed by atoms with Gasteiger partial charge in [0, 0.05) is 16.1 Å². The van der Waals surface area contributed by atoms with Crippen molar-refractivity contribution in [1.82, 2.24) is 9.78 Å². The van der Waals surface area contributed by atoms with Gasteiger partial charge in [-0.05, 0) is 25.1 Å². The number of rotatable bonds is 6. The summed E-state index contributed by atoms with van der Waals surface area (Å²) in [5.41, 5.74) is 0.768. The molecule has 28 heavy (non-hydrogen) atoms. The smallest absolute Gasteiger partial charge is 0.307 e. The lowest BCUT2D eigenvalue weighted by Crippen LogP contribution is -2.25. The number of nitro groups is 1. The molecule has 0 aliphatic heterocycles. The van der Waals surface area contributed by atoms with Crippen LogP contribution in [0.5, 0.6) is 0 Å². The number of hydrogen-bond donors (Lipinski definition) is 1. The molecule has 8 nitrogen and oxygen atoms in total. The summed E-state index contributed by atoms with van der Waals surface area (Å²) in [4.78, 5) is 35.6. The van der Waals surface area contributed by atoms with Crippen LogP contribution in [-0.2, 0) is 4.79 Å². The van der Waals surface area contributed by atoms with Gasteiger partial charge in [-0.3, -0.25) is 24.4 Å². The molecule has 0 saturated heterocycles. The van der Waals surface area contributed by atoms with Crippen LogP contribution in [0.3, 0.4) is 0 Å². The fourth-order valence-corrected chi connectivity index (χ4v) is 2.72. The lowest BCUT2D eigenvalue weighted by Gasteiger charge is -2.15. The molecule has 0 radical (unpaired) electrons. The predicted molar refractivity (Wildman–Crippen MR) is 104 cm³/mol. The van der Waals surface area contributed by atoms with Crippen molar-refractivity contribution in [3.05, 3.63) is 87.2 Å². The Kier molecular flexibility index (Phi) is 5.51. The molecule has 142 valence electrons. The van der Waals surface area contributed by atoms with Gasteiger partial charge in [0.05, 0.1) is 10.6 Å². The molecule has 9 heteroatoms. The van der Waals surface area contributed by atoms with Gasteiger partial charge < -0.3 is 5.32 Å². The molecule has 1 aromatic heterocycles. The van der Waals surface area contributed by atoms with E-state index in [9.17, 15) is 19.7 Å². The summed E-state index contributed by atoms with van der Waals surface area (Å²) in [6, 6.07) is 12.4. The second kappa shape index (κ2) is 8.01. The van der Waals surface area contributed by atoms with E-state index in [0.29, 0.717) is 10.6 Å². The number of halogens is 1. The minimum atomic E-state index is -0.830. The third-order valence-corrected chi connectivity index (χ3v) is 4.33. The summed E-state index contributed by atoms with van der Waals surface area (Å²) in [6.45, 7) is 1.54. The molecule has 1 N–H and O–H groups in total. The minimum Gasteiger partial charge on any atom is -0.324 e. The highest BCUT2D eigenvalue weighted by atomic mass is 35.5. The Bertz CT molecular complexity index is 1050. The van der Waals surface area contributed by atoms with Crippen LogP contribution in [0, 0.1) is 10.1 Å². The van der Waals surface area contributed by atoms with Crippen molar-refractivity contribution >= 4 is 34.7 Å². The average molecular weight is 399 g/mol. The highest BCUT2D eigenvalue weighted by molar-refractivity contribution is 6.31. The van der Waals surface area contributed by atoms with Crippen molar-refractivity contribution in [3.8, 4) is 0 Å². The van der Waals surface area contributed by atoms with Crippen LogP contribution < -0.4 is 5.32 Å². The zero-order chi connectivity index (χ0) is 20.3. The van der Waals surface area contributed by atoms with Gasteiger partial charge in [-0.2, -0.15) is 5.10 Å². The number of nitrogens with one attached hydrogen (secondary N) is 1. The van der Waals surface area contributed by atoms with Gasteiger partial charge >= 0.3 is 5.69 Å². The molecule has 0 saturated carbocycles. The molecule has 0 bridgehead atoms. The number of carbonyl (C=O) groups is 2. The van der Waals surface area contributed by atoms with Crippen LogP contribution in [0.2, 0.25) is 5.02 Å². The highest BCUT2D eigenvalue weighted by Crippen LogP contribution is 2.25. The minimum absolute atomic E-state index is 0.217. The summed E-state index contributed by atoms with van der Waals surface area (Å²) >= 11 is 6.03. The van der Waals surface area contributed by atoms with E-state index in [1.54, 1.807) is 43.3 Å². The number of ketones is 1. The SMILES string of the molecule is C[C@H](C(=O)Nc1ccc(Cl)cc1C(=O)c1ccccc1)n1cc([N+](=O)[O-])cn1. The van der Waals surface area contributed by atoms with E-state index in [1.165, 1.54) is 23.0 Å². The standard InChI is InChI=1S/C19H15ClN4O4/c1-12(23-11-15(10-21-23)24(27)28)19(26)22-17-8-7-14(20)9-16(17)18(25)13-5-3-2-4-6-13/h2-12H,1H3,(H,22,26)/t12-/m1/s1. The Labute approximate surface area is 164 Å². The number of hydrogen-bond acceptors (Lipinski definition) is 5. The van der Waals surface area contributed by atoms with E-state index in [1.807, 2.05) is 0 Å². The number of carbonyl (C=O) groups excluding carboxylic acids is 2. The Balaban J connectivity index is 1.86. The van der Waals surface area contributed by atoms with Gasteiger partial charge in [-0.15, -0.1) is 0 Å². The summed E-state index contributed by atoms with van der Waals surface area (Å²) in [7, 11) is 0. The lowest BCUT2D eigenvalue weighted by molar-refractivity contribution is -0.385. The van der Waals surface area contributed by atoms with Crippen LogP contribution in [0.15, 0.2) is 60.9 Å². The molecule has 1 heterocycles. The van der Waals surface area contributed by atoms with Crippen molar-refractivity contribution in [3.63, 3.8) is 0 Å². The Morgan fingerprint density at radius 2 is 1.93 bits per heavy atom.